The topological polar surface area (TPSA) is 82.5 Å². The van der Waals surface area contributed by atoms with Crippen molar-refractivity contribution in [3.05, 3.63) is 63.5 Å². The van der Waals surface area contributed by atoms with Gasteiger partial charge in [-0.3, -0.25) is 9.40 Å². The van der Waals surface area contributed by atoms with Crippen LogP contribution in [0.1, 0.15) is 5.56 Å². The van der Waals surface area contributed by atoms with E-state index in [1.54, 1.807) is 6.07 Å². The van der Waals surface area contributed by atoms with Gasteiger partial charge in [-0.1, -0.05) is 17.7 Å². The number of sulfonamides is 1. The lowest BCUT2D eigenvalue weighted by molar-refractivity contribution is 0.386. The average molecular weight is 505 g/mol. The molecule has 2 aromatic carbocycles. The number of hydrogen-bond acceptors (Lipinski definition) is 5. The number of ether oxygens (including phenoxy) is 2. The number of hydrogen-bond donors (Lipinski definition) is 1. The second kappa shape index (κ2) is 8.60. The molecule has 154 valence electrons. The van der Waals surface area contributed by atoms with Crippen molar-refractivity contribution >= 4 is 43.4 Å². The first-order chi connectivity index (χ1) is 13.7. The monoisotopic (exact) mass is 503 g/mol. The van der Waals surface area contributed by atoms with Crippen LogP contribution < -0.4 is 14.2 Å². The molecule has 0 saturated carbocycles. The van der Waals surface area contributed by atoms with Gasteiger partial charge in [-0.05, 0) is 40.2 Å². The summed E-state index contributed by atoms with van der Waals surface area (Å²) in [4.78, 5) is -0.0839. The Morgan fingerprint density at radius 3 is 2.66 bits per heavy atom. The number of nitrogens with zero attached hydrogens (tertiary/aromatic N) is 2. The third-order valence-corrected chi connectivity index (χ3v) is 6.30. The lowest BCUT2D eigenvalue weighted by Gasteiger charge is -2.11. The van der Waals surface area contributed by atoms with E-state index in [0.717, 1.165) is 0 Å². The fourth-order valence-corrected chi connectivity index (χ4v) is 4.51. The summed E-state index contributed by atoms with van der Waals surface area (Å²) >= 11 is 9.31. The first kappa shape index (κ1) is 21.4. The molecule has 0 fully saturated rings. The smallest absolute Gasteiger partial charge is 0.266 e. The molecule has 1 N–H and O–H groups in total. The number of benzene rings is 2. The van der Waals surface area contributed by atoms with E-state index in [2.05, 4.69) is 25.8 Å². The lowest BCUT2D eigenvalue weighted by Crippen LogP contribution is -2.15. The van der Waals surface area contributed by atoms with E-state index in [9.17, 15) is 12.8 Å². The fourth-order valence-electron chi connectivity index (χ4n) is 2.57. The quantitative estimate of drug-likeness (QED) is 0.519. The van der Waals surface area contributed by atoms with Crippen molar-refractivity contribution < 1.29 is 22.3 Å². The maximum atomic E-state index is 14.0. The highest BCUT2D eigenvalue weighted by Gasteiger charge is 2.23. The average Bonchev–Trinajstić information content (AvgIpc) is 3.02. The molecule has 0 spiro atoms. The third kappa shape index (κ3) is 4.65. The van der Waals surface area contributed by atoms with Crippen LogP contribution in [0.2, 0.25) is 5.02 Å². The van der Waals surface area contributed by atoms with E-state index in [1.165, 1.54) is 55.4 Å². The Kier molecular flexibility index (Phi) is 6.35. The zero-order valence-electron chi connectivity index (χ0n) is 15.3. The molecular weight excluding hydrogens is 489 g/mol. The van der Waals surface area contributed by atoms with Crippen LogP contribution >= 0.6 is 27.5 Å². The first-order valence-corrected chi connectivity index (χ1v) is 10.8. The molecule has 0 atom stereocenters. The Bertz CT molecular complexity index is 1130. The largest absolute Gasteiger partial charge is 0.497 e. The molecule has 29 heavy (non-hydrogen) atoms. The van der Waals surface area contributed by atoms with Gasteiger partial charge in [0.05, 0.1) is 25.2 Å². The van der Waals surface area contributed by atoms with Crippen molar-refractivity contribution in [2.24, 2.45) is 0 Å². The van der Waals surface area contributed by atoms with Gasteiger partial charge < -0.3 is 9.47 Å². The molecule has 0 aliphatic rings. The van der Waals surface area contributed by atoms with E-state index in [1.807, 2.05) is 0 Å². The van der Waals surface area contributed by atoms with E-state index in [4.69, 9.17) is 21.1 Å². The minimum atomic E-state index is -4.02. The van der Waals surface area contributed by atoms with Crippen LogP contribution in [-0.2, 0) is 16.6 Å². The second-order valence-electron chi connectivity index (χ2n) is 5.85. The number of rotatable bonds is 7. The molecule has 0 radical (unpaired) electrons. The van der Waals surface area contributed by atoms with Gasteiger partial charge in [-0.25, -0.2) is 12.8 Å². The van der Waals surface area contributed by atoms with Crippen LogP contribution in [0, 0.1) is 5.82 Å². The van der Waals surface area contributed by atoms with Crippen LogP contribution in [0.3, 0.4) is 0 Å². The summed E-state index contributed by atoms with van der Waals surface area (Å²) in [6.07, 6.45) is 1.52. The summed E-state index contributed by atoms with van der Waals surface area (Å²) in [6.45, 7) is 0.0255. The highest BCUT2D eigenvalue weighted by atomic mass is 79.9. The van der Waals surface area contributed by atoms with Crippen molar-refractivity contribution in [1.29, 1.82) is 0 Å². The predicted octanol–water partition coefficient (Wildman–Crippen LogP) is 4.30. The Morgan fingerprint density at radius 1 is 1.24 bits per heavy atom. The van der Waals surface area contributed by atoms with Gasteiger partial charge >= 0.3 is 0 Å². The second-order valence-corrected chi connectivity index (χ2v) is 8.76. The van der Waals surface area contributed by atoms with E-state index in [0.29, 0.717) is 10.2 Å². The van der Waals surface area contributed by atoms with Gasteiger partial charge in [-0.2, -0.15) is 5.10 Å². The van der Waals surface area contributed by atoms with Gasteiger partial charge in [0, 0.05) is 22.8 Å². The minimum Gasteiger partial charge on any atom is -0.497 e. The Hall–Kier alpha value is -2.30. The molecular formula is C18H16BrClFN3O4S. The zero-order chi connectivity index (χ0) is 21.2. The number of nitrogens with one attached hydrogen (secondary N) is 1. The maximum absolute atomic E-state index is 14.0. The highest BCUT2D eigenvalue weighted by Crippen LogP contribution is 2.31. The van der Waals surface area contributed by atoms with Gasteiger partial charge in [0.25, 0.3) is 10.0 Å². The summed E-state index contributed by atoms with van der Waals surface area (Å²) < 4.78 is 54.0. The molecule has 3 aromatic rings. The van der Waals surface area contributed by atoms with Crippen LogP contribution in [0.5, 0.6) is 11.5 Å². The predicted molar refractivity (Wildman–Crippen MR) is 111 cm³/mol. The van der Waals surface area contributed by atoms with Gasteiger partial charge in [0.2, 0.25) is 0 Å². The normalized spacial score (nSPS) is 11.3. The van der Waals surface area contributed by atoms with Gasteiger partial charge in [-0.15, -0.1) is 0 Å². The van der Waals surface area contributed by atoms with E-state index < -0.39 is 15.8 Å². The molecule has 0 saturated heterocycles. The molecule has 0 unspecified atom stereocenters. The van der Waals surface area contributed by atoms with Crippen molar-refractivity contribution in [2.75, 3.05) is 18.9 Å². The number of halogens is 3. The van der Waals surface area contributed by atoms with Crippen LogP contribution in [0.15, 0.2) is 52.0 Å². The molecule has 0 aliphatic heterocycles. The zero-order valence-corrected chi connectivity index (χ0v) is 18.5. The standard InChI is InChI=1S/C18H16BrClFN3O4S/c1-27-11-6-7-17(16(8-11)28-2)29(25,26)23-18-13(19)10-24(22-18)9-12-14(20)4-3-5-15(12)21/h3-8,10H,9H2,1-2H3,(H,22,23). The summed E-state index contributed by atoms with van der Waals surface area (Å²) in [5.74, 6) is 0.128. The Morgan fingerprint density at radius 2 is 2.00 bits per heavy atom. The SMILES string of the molecule is COc1ccc(S(=O)(=O)Nc2nn(Cc3c(F)cccc3Cl)cc2Br)c(OC)c1. The van der Waals surface area contributed by atoms with E-state index >= 15 is 0 Å². The molecule has 1 aromatic heterocycles. The van der Waals surface area contributed by atoms with Crippen molar-refractivity contribution in [1.82, 2.24) is 9.78 Å². The minimum absolute atomic E-state index is 0.0255. The summed E-state index contributed by atoms with van der Waals surface area (Å²) in [6, 6.07) is 8.69. The molecule has 1 heterocycles. The summed E-state index contributed by atoms with van der Waals surface area (Å²) in [5.41, 5.74) is 0.246. The van der Waals surface area contributed by atoms with Crippen molar-refractivity contribution in [3.63, 3.8) is 0 Å². The van der Waals surface area contributed by atoms with Crippen LogP contribution in [0.25, 0.3) is 0 Å². The summed E-state index contributed by atoms with van der Waals surface area (Å²) in [5, 5.41) is 4.43. The molecule has 3 rings (SSSR count). The number of methoxy groups -OCH3 is 2. The molecule has 7 nitrogen and oxygen atoms in total. The fraction of sp³-hybridized carbons (Fsp3) is 0.167. The lowest BCUT2D eigenvalue weighted by atomic mass is 10.2. The molecule has 0 aliphatic carbocycles. The molecule has 0 amide bonds. The van der Waals surface area contributed by atoms with Crippen LogP contribution in [0.4, 0.5) is 10.2 Å². The van der Waals surface area contributed by atoms with E-state index in [-0.39, 0.29) is 33.6 Å². The number of anilines is 1. The van der Waals surface area contributed by atoms with Gasteiger partial charge in [0.1, 0.15) is 22.2 Å². The van der Waals surface area contributed by atoms with Crippen molar-refractivity contribution in [2.45, 2.75) is 11.4 Å². The number of aromatic nitrogens is 2. The molecule has 0 bridgehead atoms. The summed E-state index contributed by atoms with van der Waals surface area (Å²) in [7, 11) is -1.19. The maximum Gasteiger partial charge on any atom is 0.266 e. The first-order valence-electron chi connectivity index (χ1n) is 8.16. The molecule has 11 heteroatoms. The highest BCUT2D eigenvalue weighted by molar-refractivity contribution is 9.10. The van der Waals surface area contributed by atoms with Crippen molar-refractivity contribution in [3.8, 4) is 11.5 Å². The Labute approximate surface area is 180 Å². The Balaban J connectivity index is 1.89. The van der Waals surface area contributed by atoms with Crippen LogP contribution in [-0.4, -0.2) is 32.4 Å². The third-order valence-electron chi connectivity index (χ3n) is 3.99. The van der Waals surface area contributed by atoms with Gasteiger partial charge in [0.15, 0.2) is 5.82 Å².